The number of hydrogen-bond acceptors (Lipinski definition) is 5. The molecule has 7 heteroatoms. The summed E-state index contributed by atoms with van der Waals surface area (Å²) in [5.74, 6) is -0.347. The fourth-order valence-corrected chi connectivity index (χ4v) is 3.75. The van der Waals surface area contributed by atoms with E-state index in [9.17, 15) is 9.59 Å². The Morgan fingerprint density at radius 1 is 1.24 bits per heavy atom. The number of benzene rings is 1. The molecule has 1 aliphatic carbocycles. The number of aromatic nitrogens is 1. The fourth-order valence-electron chi connectivity index (χ4n) is 3.75. The van der Waals surface area contributed by atoms with Crippen molar-refractivity contribution in [2.75, 3.05) is 19.7 Å². The van der Waals surface area contributed by atoms with Crippen molar-refractivity contribution in [2.24, 2.45) is 5.92 Å². The summed E-state index contributed by atoms with van der Waals surface area (Å²) < 4.78 is 5.22. The number of carbonyl (C=O) groups excluding carboxylic acids is 2. The number of aryl methyl sites for hydroxylation is 1. The number of nitrogens with zero attached hydrogens (tertiary/aromatic N) is 3. The van der Waals surface area contributed by atoms with E-state index in [1.165, 1.54) is 16.2 Å². The molecular formula is C22H24N4O3. The lowest BCUT2D eigenvalue weighted by Crippen LogP contribution is -2.36. The van der Waals surface area contributed by atoms with Crippen molar-refractivity contribution < 1.29 is 14.3 Å². The van der Waals surface area contributed by atoms with Crippen LogP contribution in [0.4, 0.5) is 0 Å². The number of carbonyl (C=O) groups is 2. The molecule has 1 heterocycles. The van der Waals surface area contributed by atoms with E-state index < -0.39 is 18.5 Å². The number of rotatable bonds is 7. The number of nitriles is 2. The normalized spacial score (nSPS) is 15.2. The number of nitrogens with one attached hydrogen (secondary N) is 1. The lowest BCUT2D eigenvalue weighted by atomic mass is 9.87. The van der Waals surface area contributed by atoms with Crippen molar-refractivity contribution in [1.29, 1.82) is 10.5 Å². The van der Waals surface area contributed by atoms with Crippen LogP contribution in [0.25, 0.3) is 10.9 Å². The van der Waals surface area contributed by atoms with Gasteiger partial charge in [0, 0.05) is 29.7 Å². The highest BCUT2D eigenvalue weighted by Crippen LogP contribution is 2.32. The Morgan fingerprint density at radius 2 is 1.97 bits per heavy atom. The van der Waals surface area contributed by atoms with Crippen molar-refractivity contribution in [3.8, 4) is 12.1 Å². The third-order valence-electron chi connectivity index (χ3n) is 5.34. The van der Waals surface area contributed by atoms with Gasteiger partial charge in [-0.25, -0.2) is 4.79 Å². The Morgan fingerprint density at radius 3 is 2.66 bits per heavy atom. The maximum atomic E-state index is 12.5. The van der Waals surface area contributed by atoms with E-state index in [1.54, 1.807) is 6.07 Å². The molecule has 1 N–H and O–H groups in total. The summed E-state index contributed by atoms with van der Waals surface area (Å²) in [6.07, 6.45) is 3.49. The van der Waals surface area contributed by atoms with Crippen LogP contribution in [0.3, 0.4) is 0 Å². The zero-order valence-corrected chi connectivity index (χ0v) is 16.5. The highest BCUT2D eigenvalue weighted by Gasteiger charge is 2.21. The van der Waals surface area contributed by atoms with E-state index in [4.69, 9.17) is 15.3 Å². The predicted octanol–water partition coefficient (Wildman–Crippen LogP) is 3.11. The minimum absolute atomic E-state index is 0.165. The molecule has 0 saturated heterocycles. The molecule has 1 aromatic carbocycles. The highest BCUT2D eigenvalue weighted by atomic mass is 16.5. The predicted molar refractivity (Wildman–Crippen MR) is 107 cm³/mol. The van der Waals surface area contributed by atoms with E-state index in [-0.39, 0.29) is 25.9 Å². The molecule has 150 valence electrons. The van der Waals surface area contributed by atoms with Gasteiger partial charge < -0.3 is 14.6 Å². The van der Waals surface area contributed by atoms with Gasteiger partial charge in [-0.3, -0.25) is 4.79 Å². The number of fused-ring (bicyclic) bond motifs is 3. The van der Waals surface area contributed by atoms with Crippen LogP contribution in [0.1, 0.15) is 47.8 Å². The first-order chi connectivity index (χ1) is 14.0. The van der Waals surface area contributed by atoms with Gasteiger partial charge in [-0.05, 0) is 48.9 Å². The Balaban J connectivity index is 1.68. The second-order valence-corrected chi connectivity index (χ2v) is 7.46. The van der Waals surface area contributed by atoms with Crippen molar-refractivity contribution in [2.45, 2.75) is 39.0 Å². The second kappa shape index (κ2) is 9.25. The van der Waals surface area contributed by atoms with E-state index in [1.807, 2.05) is 24.3 Å². The van der Waals surface area contributed by atoms with Crippen molar-refractivity contribution in [3.63, 3.8) is 0 Å². The Kier molecular flexibility index (Phi) is 6.51. The Bertz CT molecular complexity index is 978. The molecule has 0 spiro atoms. The second-order valence-electron chi connectivity index (χ2n) is 7.46. The topological polar surface area (TPSA) is 110 Å². The van der Waals surface area contributed by atoms with Gasteiger partial charge in [0.25, 0.3) is 5.91 Å². The van der Waals surface area contributed by atoms with Gasteiger partial charge in [-0.1, -0.05) is 6.92 Å². The lowest BCUT2D eigenvalue weighted by molar-refractivity contribution is -0.134. The quantitative estimate of drug-likeness (QED) is 0.728. The van der Waals surface area contributed by atoms with E-state index in [0.29, 0.717) is 11.5 Å². The summed E-state index contributed by atoms with van der Waals surface area (Å²) in [5.41, 5.74) is 3.93. The van der Waals surface area contributed by atoms with Gasteiger partial charge in [0.1, 0.15) is 0 Å². The summed E-state index contributed by atoms with van der Waals surface area (Å²) >= 11 is 0. The smallest absolute Gasteiger partial charge is 0.338 e. The van der Waals surface area contributed by atoms with Crippen LogP contribution in [0.5, 0.6) is 0 Å². The molecule has 0 bridgehead atoms. The molecule has 1 amide bonds. The van der Waals surface area contributed by atoms with Crippen LogP contribution < -0.4 is 0 Å². The van der Waals surface area contributed by atoms with Crippen molar-refractivity contribution in [1.82, 2.24) is 9.88 Å². The standard InChI is InChI=1S/C22H24N4O3/c1-15-4-6-19-17(12-15)18-13-16(5-7-20(18)25-19)22(28)29-14-21(27)26(10-2-8-23)11-3-9-24/h5,7,13,15,25H,2-4,6,10-12,14H2,1H3. The molecule has 1 aromatic heterocycles. The van der Waals surface area contributed by atoms with E-state index in [0.717, 1.165) is 30.2 Å². The molecule has 0 radical (unpaired) electrons. The first kappa shape index (κ1) is 20.4. The maximum Gasteiger partial charge on any atom is 0.338 e. The molecule has 0 fully saturated rings. The zero-order valence-electron chi connectivity index (χ0n) is 16.5. The van der Waals surface area contributed by atoms with Gasteiger partial charge in [0.15, 0.2) is 6.61 Å². The van der Waals surface area contributed by atoms with Crippen LogP contribution in [0.2, 0.25) is 0 Å². The van der Waals surface area contributed by atoms with Gasteiger partial charge in [-0.15, -0.1) is 0 Å². The summed E-state index contributed by atoms with van der Waals surface area (Å²) in [6.45, 7) is 2.26. The molecule has 0 aliphatic heterocycles. The minimum Gasteiger partial charge on any atom is -0.452 e. The average molecular weight is 392 g/mol. The molecular weight excluding hydrogens is 368 g/mol. The molecule has 7 nitrogen and oxygen atoms in total. The van der Waals surface area contributed by atoms with Gasteiger partial charge in [0.05, 0.1) is 30.5 Å². The SMILES string of the molecule is CC1CCc2[nH]c3ccc(C(=O)OCC(=O)N(CCC#N)CCC#N)cc3c2C1. The maximum absolute atomic E-state index is 12.5. The number of H-pyrrole nitrogens is 1. The molecule has 1 atom stereocenters. The first-order valence-corrected chi connectivity index (χ1v) is 9.85. The van der Waals surface area contributed by atoms with Crippen molar-refractivity contribution >= 4 is 22.8 Å². The first-order valence-electron chi connectivity index (χ1n) is 9.85. The van der Waals surface area contributed by atoms with Gasteiger partial charge >= 0.3 is 5.97 Å². The largest absolute Gasteiger partial charge is 0.452 e. The number of aromatic amines is 1. The van der Waals surface area contributed by atoms with Gasteiger partial charge in [-0.2, -0.15) is 10.5 Å². The molecule has 1 aliphatic rings. The third-order valence-corrected chi connectivity index (χ3v) is 5.34. The lowest BCUT2D eigenvalue weighted by Gasteiger charge is -2.20. The molecule has 29 heavy (non-hydrogen) atoms. The zero-order chi connectivity index (χ0) is 20.8. The van der Waals surface area contributed by atoms with Crippen LogP contribution in [-0.4, -0.2) is 41.5 Å². The van der Waals surface area contributed by atoms with E-state index >= 15 is 0 Å². The number of hydrogen-bond donors (Lipinski definition) is 1. The summed E-state index contributed by atoms with van der Waals surface area (Å²) in [5, 5.41) is 18.5. The fraction of sp³-hybridized carbons (Fsp3) is 0.455. The molecule has 3 rings (SSSR count). The molecule has 2 aromatic rings. The summed E-state index contributed by atoms with van der Waals surface area (Å²) in [6, 6.07) is 9.36. The Labute approximate surface area is 169 Å². The molecule has 0 saturated carbocycles. The minimum atomic E-state index is -0.556. The summed E-state index contributed by atoms with van der Waals surface area (Å²) in [7, 11) is 0. The van der Waals surface area contributed by atoms with E-state index in [2.05, 4.69) is 11.9 Å². The van der Waals surface area contributed by atoms with Crippen LogP contribution >= 0.6 is 0 Å². The van der Waals surface area contributed by atoms with Crippen molar-refractivity contribution in [3.05, 3.63) is 35.0 Å². The van der Waals surface area contributed by atoms with Gasteiger partial charge in [0.2, 0.25) is 0 Å². The monoisotopic (exact) mass is 392 g/mol. The van der Waals surface area contributed by atoms with Crippen LogP contribution in [0.15, 0.2) is 18.2 Å². The third kappa shape index (κ3) is 4.75. The van der Waals surface area contributed by atoms with Crippen LogP contribution in [0, 0.1) is 28.6 Å². The molecule has 1 unspecified atom stereocenters. The number of amides is 1. The number of esters is 1. The Hall–Kier alpha value is -3.32. The number of ether oxygens (including phenoxy) is 1. The highest BCUT2D eigenvalue weighted by molar-refractivity contribution is 5.97. The summed E-state index contributed by atoms with van der Waals surface area (Å²) in [4.78, 5) is 29.6. The average Bonchev–Trinajstić information content (AvgIpc) is 3.09. The van der Waals surface area contributed by atoms with Crippen LogP contribution in [-0.2, 0) is 22.4 Å².